The van der Waals surface area contributed by atoms with Crippen LogP contribution in [-0.4, -0.2) is 136 Å². The lowest BCUT2D eigenvalue weighted by Crippen LogP contribution is -2.53. The van der Waals surface area contributed by atoms with Crippen molar-refractivity contribution >= 4 is 55.8 Å². The van der Waals surface area contributed by atoms with Gasteiger partial charge in [-0.1, -0.05) is 31.2 Å². The van der Waals surface area contributed by atoms with Crippen LogP contribution in [-0.2, 0) is 16.0 Å². The third kappa shape index (κ3) is 8.73. The number of aryl methyl sites for hydroxylation is 1. The largest absolute Gasteiger partial charge is 0.508 e. The molecule has 3 atom stereocenters. The van der Waals surface area contributed by atoms with Crippen LogP contribution >= 0.6 is 0 Å². The zero-order valence-corrected chi connectivity index (χ0v) is 41.6. The predicted molar refractivity (Wildman–Crippen MR) is 278 cm³/mol. The van der Waals surface area contributed by atoms with E-state index in [2.05, 4.69) is 48.3 Å². The Hall–Kier alpha value is -6.30. The fraction of sp³-hybridized carbons (Fsp3) is 0.518. The Kier molecular flexibility index (Phi) is 11.6. The Morgan fingerprint density at radius 3 is 2.38 bits per heavy atom. The molecule has 5 saturated heterocycles. The Labute approximate surface area is 423 Å². The molecule has 2 bridgehead atoms. The van der Waals surface area contributed by atoms with Gasteiger partial charge in [-0.25, -0.2) is 9.07 Å². The second-order valence-corrected chi connectivity index (χ2v) is 22.7. The number of piperidine rings is 2. The number of anilines is 2. The lowest BCUT2D eigenvalue weighted by atomic mass is 9.57. The van der Waals surface area contributed by atoms with E-state index >= 15 is 4.39 Å². The maximum absolute atomic E-state index is 17.2. The number of rotatable bonds is 12. The number of aromatic nitrogens is 5. The third-order valence-electron chi connectivity index (χ3n) is 17.8. The van der Waals surface area contributed by atoms with E-state index < -0.39 is 17.8 Å². The minimum Gasteiger partial charge on any atom is -0.508 e. The maximum atomic E-state index is 17.2. The van der Waals surface area contributed by atoms with E-state index in [1.165, 1.54) is 30.4 Å². The van der Waals surface area contributed by atoms with Gasteiger partial charge >= 0.3 is 6.01 Å². The van der Waals surface area contributed by atoms with E-state index in [0.717, 1.165) is 125 Å². The van der Waals surface area contributed by atoms with E-state index in [1.807, 2.05) is 30.3 Å². The molecular weight excluding hydrogens is 926 g/mol. The Bertz CT molecular complexity index is 3220. The molecule has 3 N–H and O–H groups in total. The summed E-state index contributed by atoms with van der Waals surface area (Å²) >= 11 is 0. The molecule has 380 valence electrons. The van der Waals surface area contributed by atoms with Crippen LogP contribution in [0, 0.1) is 22.6 Å². The molecule has 16 nitrogen and oxygen atoms in total. The molecule has 5 aliphatic heterocycles. The summed E-state index contributed by atoms with van der Waals surface area (Å²) < 4.78 is 25.0. The Balaban J connectivity index is 0.631. The number of carbonyl (C=O) groups is 2. The summed E-state index contributed by atoms with van der Waals surface area (Å²) in [6, 6.07) is 15.3. The average molecular weight is 990 g/mol. The molecule has 0 radical (unpaired) electrons. The molecule has 73 heavy (non-hydrogen) atoms. The quantitative estimate of drug-likeness (QED) is 0.116. The first-order chi connectivity index (χ1) is 35.5. The zero-order chi connectivity index (χ0) is 49.6. The van der Waals surface area contributed by atoms with Crippen LogP contribution in [0.2, 0.25) is 0 Å². The molecule has 7 aliphatic rings. The minimum absolute atomic E-state index is 0.0272. The first-order valence-corrected chi connectivity index (χ1v) is 26.8. The zero-order valence-electron chi connectivity index (χ0n) is 41.6. The van der Waals surface area contributed by atoms with Crippen molar-refractivity contribution < 1.29 is 23.8 Å². The number of hydrogen-bond donors (Lipinski definition) is 3. The number of amides is 2. The van der Waals surface area contributed by atoms with Crippen molar-refractivity contribution in [3.8, 4) is 23.0 Å². The number of ether oxygens (including phenoxy) is 1. The van der Waals surface area contributed by atoms with Crippen LogP contribution in [0.4, 0.5) is 15.9 Å². The number of imide groups is 1. The fourth-order valence-electron chi connectivity index (χ4n) is 13.6. The van der Waals surface area contributed by atoms with E-state index in [0.29, 0.717) is 52.2 Å². The van der Waals surface area contributed by atoms with E-state index in [9.17, 15) is 19.5 Å². The molecule has 7 fully saturated rings. The number of aromatic hydroxyl groups is 1. The van der Waals surface area contributed by atoms with Crippen LogP contribution in [0.1, 0.15) is 82.7 Å². The molecule has 2 amide bonds. The number of hydrogen-bond acceptors (Lipinski definition) is 14. The van der Waals surface area contributed by atoms with Gasteiger partial charge in [-0.2, -0.15) is 15.1 Å². The van der Waals surface area contributed by atoms with Crippen molar-refractivity contribution in [1.29, 1.82) is 0 Å². The summed E-state index contributed by atoms with van der Waals surface area (Å²) in [5.41, 5.74) is 3.11. The number of pyridine rings is 1. The molecule has 6 aromatic rings. The number of phenols is 1. The number of benzene rings is 3. The molecule has 2 saturated carbocycles. The molecule has 3 aromatic heterocycles. The van der Waals surface area contributed by atoms with Gasteiger partial charge in [0.05, 0.1) is 23.6 Å². The molecule has 2 aliphatic carbocycles. The average Bonchev–Trinajstić information content (AvgIpc) is 4.08. The number of phenolic OH excluding ortho intramolecular Hbond substituents is 1. The van der Waals surface area contributed by atoms with Gasteiger partial charge in [0.15, 0.2) is 5.82 Å². The third-order valence-corrected chi connectivity index (χ3v) is 17.8. The van der Waals surface area contributed by atoms with Crippen molar-refractivity contribution in [1.82, 2.24) is 45.2 Å². The van der Waals surface area contributed by atoms with Gasteiger partial charge in [0.2, 0.25) is 5.91 Å². The van der Waals surface area contributed by atoms with E-state index in [4.69, 9.17) is 19.7 Å². The standard InChI is InChI=1S/C56H64FN11O5/c1-2-35-4-3-5-36-22-41(69)24-43(47(35)36)49-48(57)50-44(28-58-49)51(67-30-38-7-8-39(31-67)60-38)63-54(62-50)73-33-56(12-13-56)32-65-16-14-55(15-17-65)25-34(26-55)29-64-18-20-66(21-19-64)40-9-6-37-27-59-68(53(72)42(37)23-40)45-10-11-46(70)61-52(45)71/h3-6,9,22-24,27-28,34,38-39,45,60,69H,2,7-8,10-21,25-26,29-33H2,1H3,(H,61,70,71). The topological polar surface area (TPSA) is 174 Å². The van der Waals surface area contributed by atoms with Crippen molar-refractivity contribution in [2.45, 2.75) is 95.7 Å². The van der Waals surface area contributed by atoms with Crippen LogP contribution in [0.15, 0.2) is 65.7 Å². The van der Waals surface area contributed by atoms with Crippen molar-refractivity contribution in [2.75, 3.05) is 81.9 Å². The highest BCUT2D eigenvalue weighted by molar-refractivity contribution is 6.02. The Morgan fingerprint density at radius 1 is 0.836 bits per heavy atom. The highest BCUT2D eigenvalue weighted by Gasteiger charge is 2.50. The van der Waals surface area contributed by atoms with Gasteiger partial charge in [0.1, 0.15) is 28.8 Å². The molecule has 1 spiro atoms. The number of fused-ring (bicyclic) bond motifs is 5. The number of nitrogens with one attached hydrogen (secondary N) is 2. The number of nitrogens with zero attached hydrogens (tertiary/aromatic N) is 9. The van der Waals surface area contributed by atoms with E-state index in [1.54, 1.807) is 24.5 Å². The summed E-state index contributed by atoms with van der Waals surface area (Å²) in [5, 5.41) is 24.7. The van der Waals surface area contributed by atoms with Crippen molar-refractivity contribution in [3.05, 3.63) is 82.7 Å². The van der Waals surface area contributed by atoms with Crippen LogP contribution in [0.5, 0.6) is 11.8 Å². The van der Waals surface area contributed by atoms with Gasteiger partial charge in [0, 0.05) is 99.1 Å². The van der Waals surface area contributed by atoms with E-state index in [-0.39, 0.29) is 52.7 Å². The smallest absolute Gasteiger partial charge is 0.319 e. The first kappa shape index (κ1) is 46.5. The van der Waals surface area contributed by atoms with Crippen LogP contribution < -0.4 is 30.7 Å². The summed E-state index contributed by atoms with van der Waals surface area (Å²) in [5.74, 6) is 0.110. The predicted octanol–water partition coefficient (Wildman–Crippen LogP) is 6.35. The van der Waals surface area contributed by atoms with Gasteiger partial charge < -0.3 is 29.9 Å². The minimum atomic E-state index is -0.786. The fourth-order valence-corrected chi connectivity index (χ4v) is 13.6. The summed E-state index contributed by atoms with van der Waals surface area (Å²) in [6.45, 7) is 12.1. The molecule has 3 unspecified atom stereocenters. The molecule has 8 heterocycles. The number of piperazine rings is 2. The lowest BCUT2D eigenvalue weighted by Gasteiger charge is -2.54. The monoisotopic (exact) mass is 990 g/mol. The highest BCUT2D eigenvalue weighted by atomic mass is 19.1. The van der Waals surface area contributed by atoms with Gasteiger partial charge in [0.25, 0.3) is 11.5 Å². The van der Waals surface area contributed by atoms with Crippen LogP contribution in [0.3, 0.4) is 0 Å². The summed E-state index contributed by atoms with van der Waals surface area (Å²) in [6.07, 6.45) is 14.0. The summed E-state index contributed by atoms with van der Waals surface area (Å²) in [7, 11) is 0. The molecule has 3 aromatic carbocycles. The number of likely N-dealkylation sites (tertiary alicyclic amines) is 1. The Morgan fingerprint density at radius 2 is 1.63 bits per heavy atom. The van der Waals surface area contributed by atoms with Crippen LogP contribution in [0.25, 0.3) is 43.7 Å². The van der Waals surface area contributed by atoms with Gasteiger partial charge in [-0.3, -0.25) is 29.6 Å². The lowest BCUT2D eigenvalue weighted by molar-refractivity contribution is -0.136. The SMILES string of the molecule is CCc1cccc2cc(O)cc(-c3ncc4c(N5CC6CCC(C5)N6)nc(OCC5(CN6CCC7(CC6)CC(CN6CCN(c8ccc9cnn(C%10CCC(=O)NC%10=O)c(=O)c9c8)CC6)C7)CC5)nc4c3F)c12. The normalized spacial score (nSPS) is 24.2. The van der Waals surface area contributed by atoms with Gasteiger partial charge in [-0.15, -0.1) is 0 Å². The number of carbonyl (C=O) groups excluding carboxylic acids is 2. The second-order valence-electron chi connectivity index (χ2n) is 22.7. The highest BCUT2D eigenvalue weighted by Crippen LogP contribution is 2.54. The van der Waals surface area contributed by atoms with Crippen molar-refractivity contribution in [3.63, 3.8) is 0 Å². The van der Waals surface area contributed by atoms with Gasteiger partial charge in [-0.05, 0) is 129 Å². The first-order valence-electron chi connectivity index (χ1n) is 26.8. The second kappa shape index (κ2) is 18.3. The molecular formula is C56H64FN11O5. The molecule has 17 heteroatoms. The maximum Gasteiger partial charge on any atom is 0.319 e. The summed E-state index contributed by atoms with van der Waals surface area (Å²) in [4.78, 5) is 62.3. The molecule has 13 rings (SSSR count). The number of halogens is 1. The van der Waals surface area contributed by atoms with Crippen molar-refractivity contribution in [2.24, 2.45) is 16.7 Å².